The van der Waals surface area contributed by atoms with Crippen molar-refractivity contribution in [1.82, 2.24) is 0 Å². The summed E-state index contributed by atoms with van der Waals surface area (Å²) in [5, 5.41) is 0. The van der Waals surface area contributed by atoms with E-state index in [1.807, 2.05) is 0 Å². The number of carbonyl (C=O) groups is 1. The summed E-state index contributed by atoms with van der Waals surface area (Å²) in [7, 11) is 0. The fourth-order valence-electron chi connectivity index (χ4n) is 1.17. The molecule has 0 aromatic rings. The SMILES string of the molecule is CCCSCC(=O)C1CCC1. The summed E-state index contributed by atoms with van der Waals surface area (Å²) in [5.74, 6) is 2.84. The molecule has 1 nitrogen and oxygen atoms in total. The zero-order valence-corrected chi connectivity index (χ0v) is 7.95. The van der Waals surface area contributed by atoms with Crippen molar-refractivity contribution >= 4 is 17.5 Å². The van der Waals surface area contributed by atoms with E-state index in [-0.39, 0.29) is 0 Å². The second kappa shape index (κ2) is 4.81. The van der Waals surface area contributed by atoms with E-state index >= 15 is 0 Å². The van der Waals surface area contributed by atoms with Crippen molar-refractivity contribution in [2.24, 2.45) is 5.92 Å². The van der Waals surface area contributed by atoms with Gasteiger partial charge < -0.3 is 0 Å². The number of hydrogen-bond donors (Lipinski definition) is 0. The van der Waals surface area contributed by atoms with E-state index in [2.05, 4.69) is 6.92 Å². The highest BCUT2D eigenvalue weighted by Gasteiger charge is 2.24. The van der Waals surface area contributed by atoms with E-state index in [1.165, 1.54) is 12.8 Å². The molecule has 0 bridgehead atoms. The van der Waals surface area contributed by atoms with Gasteiger partial charge in [0.1, 0.15) is 5.78 Å². The lowest BCUT2D eigenvalue weighted by Gasteiger charge is -2.23. The van der Waals surface area contributed by atoms with Gasteiger partial charge in [0.05, 0.1) is 5.75 Å². The van der Waals surface area contributed by atoms with Crippen LogP contribution in [0.5, 0.6) is 0 Å². The lowest BCUT2D eigenvalue weighted by Crippen LogP contribution is -2.23. The summed E-state index contributed by atoms with van der Waals surface area (Å²) < 4.78 is 0. The molecular weight excluding hydrogens is 156 g/mol. The number of Topliss-reactive ketones (excluding diaryl/α,β-unsaturated/α-hetero) is 1. The predicted octanol–water partition coefficient (Wildman–Crippen LogP) is 2.50. The largest absolute Gasteiger partial charge is 0.298 e. The molecule has 1 aliphatic rings. The van der Waals surface area contributed by atoms with Gasteiger partial charge in [-0.3, -0.25) is 4.79 Å². The van der Waals surface area contributed by atoms with Gasteiger partial charge in [-0.05, 0) is 25.0 Å². The lowest BCUT2D eigenvalue weighted by molar-refractivity contribution is -0.122. The molecule has 0 N–H and O–H groups in total. The minimum Gasteiger partial charge on any atom is -0.298 e. The first-order valence-corrected chi connectivity index (χ1v) is 5.60. The van der Waals surface area contributed by atoms with E-state index in [9.17, 15) is 4.79 Å². The monoisotopic (exact) mass is 172 g/mol. The Morgan fingerprint density at radius 1 is 1.55 bits per heavy atom. The fraction of sp³-hybridized carbons (Fsp3) is 0.889. The van der Waals surface area contributed by atoms with Crippen LogP contribution < -0.4 is 0 Å². The second-order valence-corrected chi connectivity index (χ2v) is 4.25. The van der Waals surface area contributed by atoms with Crippen LogP contribution in [-0.4, -0.2) is 17.3 Å². The first-order chi connectivity index (χ1) is 5.34. The Bertz CT molecular complexity index is 130. The first-order valence-electron chi connectivity index (χ1n) is 4.45. The Hall–Kier alpha value is 0.0200. The summed E-state index contributed by atoms with van der Waals surface area (Å²) in [6.45, 7) is 2.15. The molecule has 1 fully saturated rings. The van der Waals surface area contributed by atoms with Gasteiger partial charge in [-0.15, -0.1) is 0 Å². The molecule has 0 atom stereocenters. The molecule has 0 heterocycles. The van der Waals surface area contributed by atoms with E-state index < -0.39 is 0 Å². The Labute approximate surface area is 72.9 Å². The number of thioether (sulfide) groups is 1. The highest BCUT2D eigenvalue weighted by molar-refractivity contribution is 7.99. The third-order valence-electron chi connectivity index (χ3n) is 2.15. The van der Waals surface area contributed by atoms with Crippen LogP contribution in [0.4, 0.5) is 0 Å². The molecule has 1 saturated carbocycles. The molecule has 11 heavy (non-hydrogen) atoms. The summed E-state index contributed by atoms with van der Waals surface area (Å²) >= 11 is 1.79. The van der Waals surface area contributed by atoms with Crippen molar-refractivity contribution in [3.05, 3.63) is 0 Å². The second-order valence-electron chi connectivity index (χ2n) is 3.15. The van der Waals surface area contributed by atoms with E-state index in [0.717, 1.165) is 24.3 Å². The normalized spacial score (nSPS) is 17.9. The minimum absolute atomic E-state index is 0.444. The van der Waals surface area contributed by atoms with Crippen LogP contribution in [0.25, 0.3) is 0 Å². The molecule has 0 amide bonds. The van der Waals surface area contributed by atoms with Crippen molar-refractivity contribution < 1.29 is 4.79 Å². The van der Waals surface area contributed by atoms with Gasteiger partial charge in [0, 0.05) is 5.92 Å². The van der Waals surface area contributed by atoms with Gasteiger partial charge >= 0.3 is 0 Å². The maximum atomic E-state index is 11.3. The summed E-state index contributed by atoms with van der Waals surface area (Å²) in [4.78, 5) is 11.3. The van der Waals surface area contributed by atoms with Gasteiger partial charge in [-0.2, -0.15) is 11.8 Å². The quantitative estimate of drug-likeness (QED) is 0.593. The number of ketones is 1. The lowest BCUT2D eigenvalue weighted by atomic mass is 9.83. The molecule has 0 radical (unpaired) electrons. The molecule has 2 heteroatoms. The van der Waals surface area contributed by atoms with E-state index in [0.29, 0.717) is 11.7 Å². The first kappa shape index (κ1) is 9.11. The molecule has 0 saturated heterocycles. The average molecular weight is 172 g/mol. The molecular formula is C9H16OS. The zero-order chi connectivity index (χ0) is 8.10. The average Bonchev–Trinajstić information content (AvgIpc) is 1.84. The van der Waals surface area contributed by atoms with Crippen molar-refractivity contribution in [3.63, 3.8) is 0 Å². The van der Waals surface area contributed by atoms with Crippen LogP contribution in [0.15, 0.2) is 0 Å². The summed E-state index contributed by atoms with van der Waals surface area (Å²) in [5.41, 5.74) is 0. The van der Waals surface area contributed by atoms with Crippen LogP contribution in [0, 0.1) is 5.92 Å². The van der Waals surface area contributed by atoms with E-state index in [1.54, 1.807) is 11.8 Å². The fourth-order valence-corrected chi connectivity index (χ4v) is 2.04. The molecule has 0 unspecified atom stereocenters. The van der Waals surface area contributed by atoms with E-state index in [4.69, 9.17) is 0 Å². The molecule has 0 spiro atoms. The van der Waals surface area contributed by atoms with Crippen LogP contribution in [0.1, 0.15) is 32.6 Å². The van der Waals surface area contributed by atoms with Crippen molar-refractivity contribution in [2.45, 2.75) is 32.6 Å². The third-order valence-corrected chi connectivity index (χ3v) is 3.34. The van der Waals surface area contributed by atoms with Crippen LogP contribution >= 0.6 is 11.8 Å². The molecule has 1 aliphatic carbocycles. The highest BCUT2D eigenvalue weighted by atomic mass is 32.2. The van der Waals surface area contributed by atoms with Gasteiger partial charge in [-0.25, -0.2) is 0 Å². The standard InChI is InChI=1S/C9H16OS/c1-2-6-11-7-9(10)8-4-3-5-8/h8H,2-7H2,1H3. The van der Waals surface area contributed by atoms with Crippen LogP contribution in [0.3, 0.4) is 0 Å². The smallest absolute Gasteiger partial charge is 0.145 e. The highest BCUT2D eigenvalue weighted by Crippen LogP contribution is 2.28. The maximum absolute atomic E-state index is 11.3. The van der Waals surface area contributed by atoms with Crippen molar-refractivity contribution in [3.8, 4) is 0 Å². The Kier molecular flexibility index (Phi) is 3.98. The summed E-state index contributed by atoms with van der Waals surface area (Å²) in [6.07, 6.45) is 4.77. The Morgan fingerprint density at radius 2 is 2.27 bits per heavy atom. The van der Waals surface area contributed by atoms with Gasteiger partial charge in [0.2, 0.25) is 0 Å². The Morgan fingerprint density at radius 3 is 2.73 bits per heavy atom. The third kappa shape index (κ3) is 2.86. The molecule has 64 valence electrons. The predicted molar refractivity (Wildman–Crippen MR) is 50.0 cm³/mol. The number of hydrogen-bond acceptors (Lipinski definition) is 2. The van der Waals surface area contributed by atoms with Crippen LogP contribution in [-0.2, 0) is 4.79 Å². The van der Waals surface area contributed by atoms with Gasteiger partial charge in [0.15, 0.2) is 0 Å². The van der Waals surface area contributed by atoms with Crippen molar-refractivity contribution in [1.29, 1.82) is 0 Å². The molecule has 0 aromatic carbocycles. The molecule has 0 aliphatic heterocycles. The van der Waals surface area contributed by atoms with Crippen LogP contribution in [0.2, 0.25) is 0 Å². The maximum Gasteiger partial charge on any atom is 0.145 e. The number of rotatable bonds is 5. The van der Waals surface area contributed by atoms with Gasteiger partial charge in [-0.1, -0.05) is 13.3 Å². The molecule has 1 rings (SSSR count). The number of carbonyl (C=O) groups excluding carboxylic acids is 1. The Balaban J connectivity index is 2.01. The molecule has 0 aromatic heterocycles. The van der Waals surface area contributed by atoms with Crippen molar-refractivity contribution in [2.75, 3.05) is 11.5 Å². The topological polar surface area (TPSA) is 17.1 Å². The van der Waals surface area contributed by atoms with Gasteiger partial charge in [0.25, 0.3) is 0 Å². The zero-order valence-electron chi connectivity index (χ0n) is 7.14. The minimum atomic E-state index is 0.444. The summed E-state index contributed by atoms with van der Waals surface area (Å²) in [6, 6.07) is 0.